The molecule has 1 unspecified atom stereocenters. The van der Waals surface area contributed by atoms with Crippen molar-refractivity contribution < 1.29 is 0 Å². The first kappa shape index (κ1) is 13.2. The Kier molecular flexibility index (Phi) is 3.21. The summed E-state index contributed by atoms with van der Waals surface area (Å²) >= 11 is 2.40. The minimum absolute atomic E-state index is 0.168. The molecule has 0 spiro atoms. The fourth-order valence-electron chi connectivity index (χ4n) is 3.11. The van der Waals surface area contributed by atoms with Crippen molar-refractivity contribution in [1.29, 1.82) is 0 Å². The van der Waals surface area contributed by atoms with Gasteiger partial charge in [-0.15, -0.1) is 0 Å². The van der Waals surface area contributed by atoms with Gasteiger partial charge in [0.2, 0.25) is 0 Å². The van der Waals surface area contributed by atoms with Crippen molar-refractivity contribution >= 4 is 22.6 Å². The van der Waals surface area contributed by atoms with Crippen molar-refractivity contribution in [3.05, 3.63) is 51.4 Å². The molecule has 0 saturated carbocycles. The second kappa shape index (κ2) is 4.63. The summed E-state index contributed by atoms with van der Waals surface area (Å²) in [5.41, 5.74) is 10.6. The lowest BCUT2D eigenvalue weighted by molar-refractivity contribution is 0.278. The molecule has 1 aliphatic rings. The molecule has 2 aromatic rings. The van der Waals surface area contributed by atoms with Crippen molar-refractivity contribution in [3.8, 4) is 5.69 Å². The third kappa shape index (κ3) is 2.34. The zero-order chi connectivity index (χ0) is 13.6. The Hall–Kier alpha value is -0.810. The largest absolute Gasteiger partial charge is 0.324 e. The summed E-state index contributed by atoms with van der Waals surface area (Å²) in [5.74, 6) is 0. The van der Waals surface area contributed by atoms with Crippen LogP contribution in [0.3, 0.4) is 0 Å². The highest BCUT2D eigenvalue weighted by Gasteiger charge is 2.32. The zero-order valence-electron chi connectivity index (χ0n) is 11.4. The van der Waals surface area contributed by atoms with Gasteiger partial charge in [-0.2, -0.15) is 0 Å². The predicted molar refractivity (Wildman–Crippen MR) is 87.5 cm³/mol. The molecule has 2 N–H and O–H groups in total. The van der Waals surface area contributed by atoms with Crippen LogP contribution in [-0.4, -0.2) is 4.57 Å². The Labute approximate surface area is 128 Å². The van der Waals surface area contributed by atoms with Gasteiger partial charge in [-0.05, 0) is 64.6 Å². The van der Waals surface area contributed by atoms with Gasteiger partial charge in [0, 0.05) is 21.5 Å². The Morgan fingerprint density at radius 1 is 1.26 bits per heavy atom. The lowest BCUT2D eigenvalue weighted by Crippen LogP contribution is -2.30. The molecule has 0 saturated heterocycles. The molecule has 1 aromatic carbocycles. The second-order valence-electron chi connectivity index (χ2n) is 6.19. The standard InChI is InChI=1S/C16H19IN2/c1-16(2)9-13(18)11-7-8-19(15(11)10-16)14-6-4-3-5-12(14)17/h3-8,13H,9-10,18H2,1-2H3. The van der Waals surface area contributed by atoms with Crippen molar-refractivity contribution in [3.63, 3.8) is 0 Å². The smallest absolute Gasteiger partial charge is 0.0585 e. The summed E-state index contributed by atoms with van der Waals surface area (Å²) in [6, 6.07) is 10.9. The minimum Gasteiger partial charge on any atom is -0.324 e. The maximum absolute atomic E-state index is 6.34. The molecule has 0 amide bonds. The highest BCUT2D eigenvalue weighted by molar-refractivity contribution is 14.1. The van der Waals surface area contributed by atoms with Crippen LogP contribution in [0.1, 0.15) is 37.6 Å². The number of benzene rings is 1. The lowest BCUT2D eigenvalue weighted by Gasteiger charge is -2.34. The van der Waals surface area contributed by atoms with E-state index >= 15 is 0 Å². The maximum Gasteiger partial charge on any atom is 0.0585 e. The van der Waals surface area contributed by atoms with Crippen LogP contribution in [0.15, 0.2) is 36.5 Å². The van der Waals surface area contributed by atoms with Gasteiger partial charge in [-0.1, -0.05) is 26.0 Å². The average Bonchev–Trinajstić information content (AvgIpc) is 2.72. The first-order valence-electron chi connectivity index (χ1n) is 6.68. The molecule has 3 rings (SSSR count). The maximum atomic E-state index is 6.34. The summed E-state index contributed by atoms with van der Waals surface area (Å²) in [5, 5.41) is 0. The van der Waals surface area contributed by atoms with E-state index in [1.54, 1.807) is 0 Å². The zero-order valence-corrected chi connectivity index (χ0v) is 13.5. The van der Waals surface area contributed by atoms with E-state index in [0.29, 0.717) is 0 Å². The Morgan fingerprint density at radius 2 is 2.00 bits per heavy atom. The van der Waals surface area contributed by atoms with E-state index in [1.807, 2.05) is 0 Å². The van der Waals surface area contributed by atoms with Crippen molar-refractivity contribution in [2.75, 3.05) is 0 Å². The van der Waals surface area contributed by atoms with Gasteiger partial charge in [0.25, 0.3) is 0 Å². The van der Waals surface area contributed by atoms with E-state index in [0.717, 1.165) is 12.8 Å². The lowest BCUT2D eigenvalue weighted by atomic mass is 9.74. The molecule has 0 bridgehead atoms. The first-order valence-corrected chi connectivity index (χ1v) is 7.76. The van der Waals surface area contributed by atoms with Crippen LogP contribution in [0.5, 0.6) is 0 Å². The number of hydrogen-bond donors (Lipinski definition) is 1. The summed E-state index contributed by atoms with van der Waals surface area (Å²) in [7, 11) is 0. The van der Waals surface area contributed by atoms with Gasteiger partial charge in [0.05, 0.1) is 5.69 Å². The SMILES string of the molecule is CC1(C)Cc2c(ccn2-c2ccccc2I)C(N)C1. The number of rotatable bonds is 1. The highest BCUT2D eigenvalue weighted by Crippen LogP contribution is 2.41. The average molecular weight is 366 g/mol. The van der Waals surface area contributed by atoms with E-state index in [1.165, 1.54) is 20.5 Å². The first-order chi connectivity index (χ1) is 8.98. The summed E-state index contributed by atoms with van der Waals surface area (Å²) in [6.07, 6.45) is 4.33. The Balaban J connectivity index is 2.14. The van der Waals surface area contributed by atoms with Crippen molar-refractivity contribution in [1.82, 2.24) is 4.57 Å². The molecule has 2 nitrogen and oxygen atoms in total. The fourth-order valence-corrected chi connectivity index (χ4v) is 3.76. The Morgan fingerprint density at radius 3 is 2.74 bits per heavy atom. The predicted octanol–water partition coefficient (Wildman–Crippen LogP) is 4.05. The van der Waals surface area contributed by atoms with Crippen LogP contribution < -0.4 is 5.73 Å². The molecular weight excluding hydrogens is 347 g/mol. The number of halogens is 1. The van der Waals surface area contributed by atoms with Gasteiger partial charge >= 0.3 is 0 Å². The summed E-state index contributed by atoms with van der Waals surface area (Å²) in [4.78, 5) is 0. The number of para-hydroxylation sites is 1. The number of aromatic nitrogens is 1. The highest BCUT2D eigenvalue weighted by atomic mass is 127. The summed E-state index contributed by atoms with van der Waals surface area (Å²) < 4.78 is 3.59. The molecule has 1 atom stereocenters. The van der Waals surface area contributed by atoms with Crippen LogP contribution in [0.4, 0.5) is 0 Å². The van der Waals surface area contributed by atoms with Crippen LogP contribution in [0, 0.1) is 8.99 Å². The number of nitrogens with zero attached hydrogens (tertiary/aromatic N) is 1. The number of fused-ring (bicyclic) bond motifs is 1. The Bertz CT molecular complexity index is 613. The van der Waals surface area contributed by atoms with E-state index in [9.17, 15) is 0 Å². The van der Waals surface area contributed by atoms with Crippen molar-refractivity contribution in [2.45, 2.75) is 32.7 Å². The third-order valence-corrected chi connectivity index (χ3v) is 4.87. The van der Waals surface area contributed by atoms with Gasteiger partial charge in [-0.3, -0.25) is 0 Å². The third-order valence-electron chi connectivity index (χ3n) is 3.96. The van der Waals surface area contributed by atoms with E-state index in [2.05, 4.69) is 77.5 Å². The van der Waals surface area contributed by atoms with Crippen LogP contribution in [-0.2, 0) is 6.42 Å². The number of nitrogens with two attached hydrogens (primary N) is 1. The van der Waals surface area contributed by atoms with Gasteiger partial charge in [0.1, 0.15) is 0 Å². The fraction of sp³-hybridized carbons (Fsp3) is 0.375. The molecule has 0 fully saturated rings. The van der Waals surface area contributed by atoms with Gasteiger partial charge in [-0.25, -0.2) is 0 Å². The van der Waals surface area contributed by atoms with E-state index in [-0.39, 0.29) is 11.5 Å². The van der Waals surface area contributed by atoms with Crippen molar-refractivity contribution in [2.24, 2.45) is 11.1 Å². The molecule has 3 heteroatoms. The van der Waals surface area contributed by atoms with Crippen LogP contribution in [0.2, 0.25) is 0 Å². The van der Waals surface area contributed by atoms with Crippen LogP contribution in [0.25, 0.3) is 5.69 Å². The topological polar surface area (TPSA) is 30.9 Å². The quantitative estimate of drug-likeness (QED) is 0.759. The molecule has 100 valence electrons. The molecule has 1 aliphatic carbocycles. The molecule has 19 heavy (non-hydrogen) atoms. The van der Waals surface area contributed by atoms with Crippen LogP contribution >= 0.6 is 22.6 Å². The summed E-state index contributed by atoms with van der Waals surface area (Å²) in [6.45, 7) is 4.62. The normalized spacial score (nSPS) is 21.2. The van der Waals surface area contributed by atoms with Gasteiger partial charge < -0.3 is 10.3 Å². The molecular formula is C16H19IN2. The second-order valence-corrected chi connectivity index (χ2v) is 7.35. The van der Waals surface area contributed by atoms with E-state index in [4.69, 9.17) is 5.73 Å². The molecule has 0 aliphatic heterocycles. The van der Waals surface area contributed by atoms with Gasteiger partial charge in [0.15, 0.2) is 0 Å². The van der Waals surface area contributed by atoms with E-state index < -0.39 is 0 Å². The molecule has 1 heterocycles. The molecule has 1 aromatic heterocycles. The number of hydrogen-bond acceptors (Lipinski definition) is 1. The molecule has 0 radical (unpaired) electrons. The minimum atomic E-state index is 0.168. The monoisotopic (exact) mass is 366 g/mol.